The van der Waals surface area contributed by atoms with Crippen LogP contribution in [0.4, 0.5) is 4.79 Å². The summed E-state index contributed by atoms with van der Waals surface area (Å²) >= 11 is 0. The molecule has 2 amide bonds. The van der Waals surface area contributed by atoms with Crippen molar-refractivity contribution in [2.24, 2.45) is 0 Å². The van der Waals surface area contributed by atoms with Crippen molar-refractivity contribution in [3.63, 3.8) is 0 Å². The van der Waals surface area contributed by atoms with Crippen LogP contribution in [0, 0.1) is 0 Å². The van der Waals surface area contributed by atoms with Gasteiger partial charge in [-0.2, -0.15) is 0 Å². The van der Waals surface area contributed by atoms with E-state index in [9.17, 15) is 9.59 Å². The highest BCUT2D eigenvalue weighted by atomic mass is 16.6. The molecule has 0 aromatic rings. The Morgan fingerprint density at radius 3 is 2.15 bits per heavy atom. The SMILES string of the molecule is O=C1CCCCN1.O=C1NCCO1. The maximum absolute atomic E-state index is 10.4. The van der Waals surface area contributed by atoms with Gasteiger partial charge in [0.15, 0.2) is 0 Å². The number of rotatable bonds is 0. The molecule has 0 unspecified atom stereocenters. The van der Waals surface area contributed by atoms with Crippen LogP contribution in [0.5, 0.6) is 0 Å². The lowest BCUT2D eigenvalue weighted by Gasteiger charge is -2.08. The van der Waals surface area contributed by atoms with E-state index < -0.39 is 0 Å². The molecule has 2 aliphatic rings. The third-order valence-corrected chi connectivity index (χ3v) is 1.76. The number of carbonyl (C=O) groups is 2. The van der Waals surface area contributed by atoms with E-state index in [1.807, 2.05) is 0 Å². The van der Waals surface area contributed by atoms with Crippen molar-refractivity contribution in [1.82, 2.24) is 10.6 Å². The van der Waals surface area contributed by atoms with E-state index in [4.69, 9.17) is 0 Å². The molecule has 0 aliphatic carbocycles. The Balaban J connectivity index is 0.000000132. The summed E-state index contributed by atoms with van der Waals surface area (Å²) in [6.07, 6.45) is 2.67. The molecule has 5 nitrogen and oxygen atoms in total. The molecule has 2 rings (SSSR count). The van der Waals surface area contributed by atoms with Crippen LogP contribution in [0.3, 0.4) is 0 Å². The Morgan fingerprint density at radius 2 is 1.92 bits per heavy atom. The number of carbonyl (C=O) groups excluding carboxylic acids is 2. The predicted octanol–water partition coefficient (Wildman–Crippen LogP) is 0.0127. The maximum Gasteiger partial charge on any atom is 0.407 e. The highest BCUT2D eigenvalue weighted by Crippen LogP contribution is 1.98. The molecule has 2 heterocycles. The average molecular weight is 186 g/mol. The quantitative estimate of drug-likeness (QED) is 0.560. The first kappa shape index (κ1) is 9.83. The van der Waals surface area contributed by atoms with E-state index in [0.717, 1.165) is 25.8 Å². The fourth-order valence-corrected chi connectivity index (χ4v) is 1.07. The topological polar surface area (TPSA) is 67.4 Å². The first-order chi connectivity index (χ1) is 6.29. The molecule has 2 aliphatic heterocycles. The van der Waals surface area contributed by atoms with Gasteiger partial charge in [-0.15, -0.1) is 0 Å². The number of alkyl carbamates (subject to hydrolysis) is 1. The normalized spacial score (nSPS) is 20.6. The minimum atomic E-state index is -0.296. The van der Waals surface area contributed by atoms with Crippen LogP contribution in [0.1, 0.15) is 19.3 Å². The van der Waals surface area contributed by atoms with Crippen LogP contribution in [0.2, 0.25) is 0 Å². The minimum Gasteiger partial charge on any atom is -0.448 e. The molecule has 0 aromatic carbocycles. The first-order valence-electron chi connectivity index (χ1n) is 4.46. The molecule has 5 heteroatoms. The van der Waals surface area contributed by atoms with Crippen LogP contribution in [-0.2, 0) is 9.53 Å². The molecule has 2 saturated heterocycles. The molecule has 0 radical (unpaired) electrons. The molecule has 13 heavy (non-hydrogen) atoms. The number of hydrogen-bond donors (Lipinski definition) is 2. The number of amides is 2. The maximum atomic E-state index is 10.4. The van der Waals surface area contributed by atoms with Gasteiger partial charge in [0.2, 0.25) is 5.91 Å². The van der Waals surface area contributed by atoms with E-state index in [1.165, 1.54) is 0 Å². The molecule has 74 valence electrons. The van der Waals surface area contributed by atoms with Gasteiger partial charge in [0.05, 0.1) is 6.54 Å². The Bertz CT molecular complexity index is 178. The standard InChI is InChI=1S/C5H9NO.C3H5NO2/c7-5-3-1-2-4-6-5;5-3-4-1-2-6-3/h1-4H2,(H,6,7);1-2H2,(H,4,5). The highest BCUT2D eigenvalue weighted by Gasteiger charge is 2.06. The van der Waals surface area contributed by atoms with E-state index in [-0.39, 0.29) is 12.0 Å². The zero-order valence-corrected chi connectivity index (χ0v) is 7.47. The summed E-state index contributed by atoms with van der Waals surface area (Å²) in [7, 11) is 0. The van der Waals surface area contributed by atoms with Crippen molar-refractivity contribution in [2.45, 2.75) is 19.3 Å². The van der Waals surface area contributed by atoms with Crippen LogP contribution in [0.15, 0.2) is 0 Å². The lowest BCUT2D eigenvalue weighted by Crippen LogP contribution is -2.28. The number of hydrogen-bond acceptors (Lipinski definition) is 3. The predicted molar refractivity (Wildman–Crippen MR) is 46.2 cm³/mol. The van der Waals surface area contributed by atoms with Gasteiger partial charge < -0.3 is 15.4 Å². The Labute approximate surface area is 76.8 Å². The molecule has 2 fully saturated rings. The Morgan fingerprint density at radius 1 is 1.08 bits per heavy atom. The van der Waals surface area contributed by atoms with Crippen molar-refractivity contribution in [3.8, 4) is 0 Å². The third-order valence-electron chi connectivity index (χ3n) is 1.76. The number of ether oxygens (including phenoxy) is 1. The van der Waals surface area contributed by atoms with Gasteiger partial charge in [0, 0.05) is 13.0 Å². The zero-order valence-electron chi connectivity index (χ0n) is 7.47. The summed E-state index contributed by atoms with van der Waals surface area (Å²) in [5.41, 5.74) is 0. The second-order valence-electron chi connectivity index (χ2n) is 2.87. The van der Waals surface area contributed by atoms with E-state index in [0.29, 0.717) is 13.2 Å². The molecule has 0 spiro atoms. The van der Waals surface area contributed by atoms with Crippen LogP contribution in [0.25, 0.3) is 0 Å². The molecular formula is C8H14N2O3. The lowest BCUT2D eigenvalue weighted by atomic mass is 10.2. The second kappa shape index (κ2) is 5.40. The van der Waals surface area contributed by atoms with Gasteiger partial charge in [-0.05, 0) is 12.8 Å². The van der Waals surface area contributed by atoms with E-state index in [2.05, 4.69) is 15.4 Å². The van der Waals surface area contributed by atoms with Gasteiger partial charge in [0.1, 0.15) is 6.61 Å². The third kappa shape index (κ3) is 4.35. The molecular weight excluding hydrogens is 172 g/mol. The highest BCUT2D eigenvalue weighted by molar-refractivity contribution is 5.76. The molecule has 0 saturated carbocycles. The molecule has 0 bridgehead atoms. The van der Waals surface area contributed by atoms with Gasteiger partial charge in [-0.3, -0.25) is 4.79 Å². The van der Waals surface area contributed by atoms with Crippen molar-refractivity contribution >= 4 is 12.0 Å². The first-order valence-corrected chi connectivity index (χ1v) is 4.46. The van der Waals surface area contributed by atoms with E-state index >= 15 is 0 Å². The van der Waals surface area contributed by atoms with Gasteiger partial charge in [0.25, 0.3) is 0 Å². The van der Waals surface area contributed by atoms with Gasteiger partial charge in [-0.1, -0.05) is 0 Å². The second-order valence-corrected chi connectivity index (χ2v) is 2.87. The largest absolute Gasteiger partial charge is 0.448 e. The summed E-state index contributed by atoms with van der Waals surface area (Å²) in [4.78, 5) is 20.3. The monoisotopic (exact) mass is 186 g/mol. The molecule has 2 N–H and O–H groups in total. The zero-order chi connectivity index (χ0) is 9.52. The van der Waals surface area contributed by atoms with Crippen molar-refractivity contribution in [3.05, 3.63) is 0 Å². The molecule has 0 atom stereocenters. The van der Waals surface area contributed by atoms with Crippen molar-refractivity contribution < 1.29 is 14.3 Å². The summed E-state index contributed by atoms with van der Waals surface area (Å²) in [5.74, 6) is 0.214. The number of piperidine rings is 1. The number of cyclic esters (lactones) is 1. The van der Waals surface area contributed by atoms with Gasteiger partial charge in [-0.25, -0.2) is 4.79 Å². The van der Waals surface area contributed by atoms with E-state index in [1.54, 1.807) is 0 Å². The Hall–Kier alpha value is -1.26. The summed E-state index contributed by atoms with van der Waals surface area (Å²) in [6.45, 7) is 2.08. The summed E-state index contributed by atoms with van der Waals surface area (Å²) in [6, 6.07) is 0. The van der Waals surface area contributed by atoms with Crippen LogP contribution in [-0.4, -0.2) is 31.7 Å². The molecule has 0 aromatic heterocycles. The fourth-order valence-electron chi connectivity index (χ4n) is 1.07. The van der Waals surface area contributed by atoms with Crippen molar-refractivity contribution in [1.29, 1.82) is 0 Å². The van der Waals surface area contributed by atoms with Crippen LogP contribution >= 0.6 is 0 Å². The Kier molecular flexibility index (Phi) is 4.08. The number of nitrogens with one attached hydrogen (secondary N) is 2. The smallest absolute Gasteiger partial charge is 0.407 e. The lowest BCUT2D eigenvalue weighted by molar-refractivity contribution is -0.122. The summed E-state index contributed by atoms with van der Waals surface area (Å²) < 4.78 is 4.40. The van der Waals surface area contributed by atoms with Crippen molar-refractivity contribution in [2.75, 3.05) is 19.7 Å². The summed E-state index contributed by atoms with van der Waals surface area (Å²) in [5, 5.41) is 5.20. The fraction of sp³-hybridized carbons (Fsp3) is 0.750. The average Bonchev–Trinajstić information content (AvgIpc) is 2.58. The van der Waals surface area contributed by atoms with Gasteiger partial charge >= 0.3 is 6.09 Å². The minimum absolute atomic E-state index is 0.214. The van der Waals surface area contributed by atoms with Crippen LogP contribution < -0.4 is 10.6 Å².